The molecule has 2 aromatic rings. The van der Waals surface area contributed by atoms with Crippen LogP contribution in [0.1, 0.15) is 37.3 Å². The summed E-state index contributed by atoms with van der Waals surface area (Å²) in [5.74, 6) is 0.488. The molecule has 150 valence electrons. The smallest absolute Gasteiger partial charge is 0.307 e. The van der Waals surface area contributed by atoms with Crippen molar-refractivity contribution in [2.45, 2.75) is 37.7 Å². The molecule has 28 heavy (non-hydrogen) atoms. The minimum Gasteiger partial charge on any atom is -0.486 e. The third kappa shape index (κ3) is 5.04. The van der Waals surface area contributed by atoms with E-state index in [1.165, 1.54) is 17.7 Å². The topological polar surface area (TPSA) is 78.9 Å². The Morgan fingerprint density at radius 3 is 2.39 bits per heavy atom. The van der Waals surface area contributed by atoms with Crippen LogP contribution >= 0.6 is 0 Å². The van der Waals surface area contributed by atoms with Crippen LogP contribution in [0, 0.1) is 0 Å². The van der Waals surface area contributed by atoms with Crippen molar-refractivity contribution in [3.8, 4) is 11.5 Å². The highest BCUT2D eigenvalue weighted by molar-refractivity contribution is 7.91. The maximum Gasteiger partial charge on any atom is 0.307 e. The summed E-state index contributed by atoms with van der Waals surface area (Å²) in [4.78, 5) is 12.1. The van der Waals surface area contributed by atoms with Crippen molar-refractivity contribution in [1.29, 1.82) is 0 Å². The van der Waals surface area contributed by atoms with Gasteiger partial charge in [-0.2, -0.15) is 0 Å². The molecular formula is C21H24O6S. The Bertz CT molecular complexity index is 932. The second-order valence-electron chi connectivity index (χ2n) is 6.93. The van der Waals surface area contributed by atoms with Crippen molar-refractivity contribution in [2.75, 3.05) is 19.0 Å². The van der Waals surface area contributed by atoms with Gasteiger partial charge in [0.05, 0.1) is 17.1 Å². The van der Waals surface area contributed by atoms with Crippen LogP contribution in [0.4, 0.5) is 0 Å². The molecule has 0 N–H and O–H groups in total. The first kappa shape index (κ1) is 20.2. The van der Waals surface area contributed by atoms with Gasteiger partial charge in [0, 0.05) is 6.07 Å². The summed E-state index contributed by atoms with van der Waals surface area (Å²) in [6.45, 7) is 5.15. The maximum absolute atomic E-state index is 12.5. The standard InChI is InChI=1S/C21H24O6S/c1-15(2)17-5-3-16(4-6-17)14-27-21(22)9-12-28(23,24)18-7-8-19-20(13-18)26-11-10-25-19/h3-8,13,15H,9-12,14H2,1-2H3. The Hall–Kier alpha value is -2.54. The molecule has 7 heteroatoms. The number of carbonyl (C=O) groups excluding carboxylic acids is 1. The number of carbonyl (C=O) groups is 1. The Balaban J connectivity index is 1.53. The van der Waals surface area contributed by atoms with Crippen molar-refractivity contribution >= 4 is 15.8 Å². The zero-order valence-electron chi connectivity index (χ0n) is 16.0. The number of esters is 1. The molecule has 0 amide bonds. The monoisotopic (exact) mass is 404 g/mol. The van der Waals surface area contributed by atoms with E-state index in [9.17, 15) is 13.2 Å². The van der Waals surface area contributed by atoms with Crippen LogP contribution in [0.25, 0.3) is 0 Å². The predicted molar refractivity (Wildman–Crippen MR) is 104 cm³/mol. The van der Waals surface area contributed by atoms with Crippen molar-refractivity contribution in [3.63, 3.8) is 0 Å². The molecule has 0 saturated heterocycles. The first-order valence-electron chi connectivity index (χ1n) is 9.22. The van der Waals surface area contributed by atoms with Crippen LogP contribution in [-0.2, 0) is 26.0 Å². The van der Waals surface area contributed by atoms with Gasteiger partial charge in [0.25, 0.3) is 0 Å². The summed E-state index contributed by atoms with van der Waals surface area (Å²) in [6, 6.07) is 12.3. The minimum absolute atomic E-state index is 0.105. The average Bonchev–Trinajstić information content (AvgIpc) is 2.70. The summed E-state index contributed by atoms with van der Waals surface area (Å²) in [6.07, 6.45) is -0.207. The molecule has 3 rings (SSSR count). The van der Waals surface area contributed by atoms with Gasteiger partial charge in [0.1, 0.15) is 19.8 Å². The molecule has 0 bridgehead atoms. The lowest BCUT2D eigenvalue weighted by atomic mass is 10.0. The van der Waals surface area contributed by atoms with Crippen molar-refractivity contribution in [2.24, 2.45) is 0 Å². The van der Waals surface area contributed by atoms with Gasteiger partial charge in [-0.3, -0.25) is 4.79 Å². The first-order valence-corrected chi connectivity index (χ1v) is 10.9. The fourth-order valence-electron chi connectivity index (χ4n) is 2.79. The largest absolute Gasteiger partial charge is 0.486 e. The molecule has 1 aliphatic rings. The number of fused-ring (bicyclic) bond motifs is 1. The lowest BCUT2D eigenvalue weighted by Gasteiger charge is -2.18. The summed E-state index contributed by atoms with van der Waals surface area (Å²) < 4.78 is 41.0. The zero-order chi connectivity index (χ0) is 20.1. The third-order valence-corrected chi connectivity index (χ3v) is 6.21. The van der Waals surface area contributed by atoms with Gasteiger partial charge < -0.3 is 14.2 Å². The van der Waals surface area contributed by atoms with E-state index in [4.69, 9.17) is 14.2 Å². The summed E-state index contributed by atoms with van der Waals surface area (Å²) in [5, 5.41) is 0. The van der Waals surface area contributed by atoms with Crippen LogP contribution in [-0.4, -0.2) is 33.4 Å². The predicted octanol–water partition coefficient (Wildman–Crippen LogP) is 3.49. The van der Waals surface area contributed by atoms with Gasteiger partial charge in [-0.05, 0) is 29.2 Å². The number of hydrogen-bond acceptors (Lipinski definition) is 6. The van der Waals surface area contributed by atoms with Gasteiger partial charge >= 0.3 is 5.97 Å². The van der Waals surface area contributed by atoms with Gasteiger partial charge in [-0.25, -0.2) is 8.42 Å². The van der Waals surface area contributed by atoms with E-state index in [2.05, 4.69) is 13.8 Å². The van der Waals surface area contributed by atoms with Crippen LogP contribution in [0.15, 0.2) is 47.4 Å². The maximum atomic E-state index is 12.5. The molecule has 0 unspecified atom stereocenters. The highest BCUT2D eigenvalue weighted by Gasteiger charge is 2.21. The number of hydrogen-bond donors (Lipinski definition) is 0. The van der Waals surface area contributed by atoms with Crippen molar-refractivity contribution in [3.05, 3.63) is 53.6 Å². The molecule has 1 aliphatic heterocycles. The van der Waals surface area contributed by atoms with Crippen molar-refractivity contribution < 1.29 is 27.4 Å². The van der Waals surface area contributed by atoms with Crippen molar-refractivity contribution in [1.82, 2.24) is 0 Å². The number of rotatable bonds is 7. The molecule has 0 saturated carbocycles. The third-order valence-electron chi connectivity index (χ3n) is 4.49. The quantitative estimate of drug-likeness (QED) is 0.658. The molecule has 0 aliphatic carbocycles. The van der Waals surface area contributed by atoms with Crippen LogP contribution < -0.4 is 9.47 Å². The molecule has 1 heterocycles. The highest BCUT2D eigenvalue weighted by Crippen LogP contribution is 2.32. The van der Waals surface area contributed by atoms with E-state index in [-0.39, 0.29) is 23.7 Å². The Morgan fingerprint density at radius 1 is 1.04 bits per heavy atom. The van der Waals surface area contributed by atoms with E-state index >= 15 is 0 Å². The fraction of sp³-hybridized carbons (Fsp3) is 0.381. The SMILES string of the molecule is CC(C)c1ccc(COC(=O)CCS(=O)(=O)c2ccc3c(c2)OCCO3)cc1. The second-order valence-corrected chi connectivity index (χ2v) is 9.04. The summed E-state index contributed by atoms with van der Waals surface area (Å²) in [5.41, 5.74) is 2.08. The van der Waals surface area contributed by atoms with E-state index in [1.54, 1.807) is 6.07 Å². The minimum atomic E-state index is -3.62. The molecule has 0 aromatic heterocycles. The lowest BCUT2D eigenvalue weighted by molar-refractivity contribution is -0.144. The molecule has 0 spiro atoms. The number of sulfone groups is 1. The molecule has 0 radical (unpaired) electrons. The first-order chi connectivity index (χ1) is 13.3. The summed E-state index contributed by atoms with van der Waals surface area (Å²) >= 11 is 0. The molecule has 0 atom stereocenters. The lowest BCUT2D eigenvalue weighted by Crippen LogP contribution is -2.17. The molecule has 6 nitrogen and oxygen atoms in total. The van der Waals surface area contributed by atoms with E-state index in [0.717, 1.165) is 5.56 Å². The normalized spacial score (nSPS) is 13.4. The molecule has 2 aromatic carbocycles. The van der Waals surface area contributed by atoms with Crippen LogP contribution in [0.5, 0.6) is 11.5 Å². The zero-order valence-corrected chi connectivity index (χ0v) is 16.8. The Kier molecular flexibility index (Phi) is 6.24. The second kappa shape index (κ2) is 8.65. The number of ether oxygens (including phenoxy) is 3. The Morgan fingerprint density at radius 2 is 1.71 bits per heavy atom. The van der Waals surface area contributed by atoms with Gasteiger partial charge in [-0.1, -0.05) is 38.1 Å². The van der Waals surface area contributed by atoms with Crippen LogP contribution in [0.3, 0.4) is 0 Å². The Labute approximate surface area is 165 Å². The molecular weight excluding hydrogens is 380 g/mol. The highest BCUT2D eigenvalue weighted by atomic mass is 32.2. The molecule has 0 fully saturated rings. The van der Waals surface area contributed by atoms with Gasteiger partial charge in [0.15, 0.2) is 21.3 Å². The summed E-state index contributed by atoms with van der Waals surface area (Å²) in [7, 11) is -3.62. The van der Waals surface area contributed by atoms with Gasteiger partial charge in [-0.15, -0.1) is 0 Å². The van der Waals surface area contributed by atoms with Gasteiger partial charge in [0.2, 0.25) is 0 Å². The van der Waals surface area contributed by atoms with Crippen LogP contribution in [0.2, 0.25) is 0 Å². The van der Waals surface area contributed by atoms with E-state index < -0.39 is 15.8 Å². The fourth-order valence-corrected chi connectivity index (χ4v) is 4.02. The van der Waals surface area contributed by atoms with E-state index in [1.807, 2.05) is 24.3 Å². The van der Waals surface area contributed by atoms with E-state index in [0.29, 0.717) is 30.6 Å². The average molecular weight is 404 g/mol. The number of benzene rings is 2.